The number of carboxylic acid groups (broad SMARTS) is 1. The molecule has 2 heterocycles. The van der Waals surface area contributed by atoms with E-state index < -0.39 is 17.7 Å². The van der Waals surface area contributed by atoms with Crippen LogP contribution in [0.2, 0.25) is 5.02 Å². The van der Waals surface area contributed by atoms with Gasteiger partial charge in [0.2, 0.25) is 0 Å². The maximum atomic E-state index is 12.8. The van der Waals surface area contributed by atoms with Gasteiger partial charge in [0.1, 0.15) is 23.5 Å². The van der Waals surface area contributed by atoms with E-state index in [0.717, 1.165) is 5.56 Å². The molecule has 2 N–H and O–H groups in total. The molecule has 12 heteroatoms. The molecule has 1 aromatic carbocycles. The van der Waals surface area contributed by atoms with Crippen molar-refractivity contribution < 1.29 is 19.4 Å². The normalized spacial score (nSPS) is 19.6. The molecular weight excluding hydrogens is 512 g/mol. The van der Waals surface area contributed by atoms with Crippen molar-refractivity contribution in [3.05, 3.63) is 63.5 Å². The van der Waals surface area contributed by atoms with Gasteiger partial charge in [0, 0.05) is 23.0 Å². The second-order valence-corrected chi connectivity index (χ2v) is 11.0. The van der Waals surface area contributed by atoms with Crippen molar-refractivity contribution in [3.8, 4) is 11.4 Å². The molecule has 1 aliphatic carbocycles. The number of nitrogens with one attached hydrogen (secondary N) is 1. The number of hydrogen-bond acceptors (Lipinski definition) is 7. The van der Waals surface area contributed by atoms with E-state index in [9.17, 15) is 14.4 Å². The van der Waals surface area contributed by atoms with Gasteiger partial charge in [-0.05, 0) is 70.2 Å². The molecule has 11 nitrogen and oxygen atoms in total. The topological polar surface area (TPSA) is 141 Å². The quantitative estimate of drug-likeness (QED) is 0.459. The monoisotopic (exact) mass is 542 g/mol. The van der Waals surface area contributed by atoms with Crippen molar-refractivity contribution in [1.82, 2.24) is 30.1 Å². The van der Waals surface area contributed by atoms with Gasteiger partial charge in [-0.3, -0.25) is 9.59 Å². The van der Waals surface area contributed by atoms with Crippen LogP contribution in [0.25, 0.3) is 11.4 Å². The minimum absolute atomic E-state index is 0.162. The minimum atomic E-state index is -1.04. The van der Waals surface area contributed by atoms with E-state index in [1.165, 1.54) is 21.6 Å². The molecule has 0 unspecified atom stereocenters. The van der Waals surface area contributed by atoms with Gasteiger partial charge in [-0.15, -0.1) is 5.10 Å². The second-order valence-electron chi connectivity index (χ2n) is 10.6. The molecular formula is C26H31ClN6O5. The first-order valence-corrected chi connectivity index (χ1v) is 12.8. The van der Waals surface area contributed by atoms with Gasteiger partial charge < -0.3 is 15.2 Å². The van der Waals surface area contributed by atoms with E-state index in [1.807, 2.05) is 45.0 Å². The summed E-state index contributed by atoms with van der Waals surface area (Å²) < 4.78 is 8.11. The number of amides is 1. The number of carbonyl (C=O) groups is 2. The average molecular weight is 543 g/mol. The second kappa shape index (κ2) is 10.9. The molecule has 4 rings (SSSR count). The number of hydrogen-bond donors (Lipinski definition) is 2. The summed E-state index contributed by atoms with van der Waals surface area (Å²) in [7, 11) is 0. The number of benzene rings is 1. The standard InChI is InChI=1S/C26H31ClN6O5/c1-25(2,3)38-24(37)28-16-26(17-5-4-6-18(27)13-17)11-9-19(10-12-26)33-22(34)8-7-20(30-33)21-14-32(31-29-21)15-23(35)36/h4-8,13-14,19H,9-12,15-16H2,1-3H3,(H,28,37)(H,35,36)/t19-,26+. The van der Waals surface area contributed by atoms with E-state index >= 15 is 0 Å². The highest BCUT2D eigenvalue weighted by Gasteiger charge is 2.39. The Bertz CT molecular complexity index is 1370. The first-order valence-electron chi connectivity index (χ1n) is 12.4. The number of rotatable bonds is 7. The van der Waals surface area contributed by atoms with Crippen LogP contribution in [0.4, 0.5) is 4.79 Å². The van der Waals surface area contributed by atoms with Crippen LogP contribution in [0.3, 0.4) is 0 Å². The molecule has 2 aromatic heterocycles. The number of ether oxygens (including phenoxy) is 1. The molecule has 0 spiro atoms. The summed E-state index contributed by atoms with van der Waals surface area (Å²) in [4.78, 5) is 36.2. The number of aliphatic carboxylic acids is 1. The lowest BCUT2D eigenvalue weighted by Gasteiger charge is -2.41. The Labute approximate surface area is 224 Å². The number of carbonyl (C=O) groups excluding carboxylic acids is 1. The number of alkyl carbamates (subject to hydrolysis) is 1. The Kier molecular flexibility index (Phi) is 7.86. The molecule has 0 aliphatic heterocycles. The fourth-order valence-electron chi connectivity index (χ4n) is 4.80. The zero-order valence-corrected chi connectivity index (χ0v) is 22.3. The fraction of sp³-hybridized carbons (Fsp3) is 0.462. The molecule has 1 saturated carbocycles. The van der Waals surface area contributed by atoms with E-state index in [0.29, 0.717) is 48.6 Å². The summed E-state index contributed by atoms with van der Waals surface area (Å²) in [5, 5.41) is 24.9. The smallest absolute Gasteiger partial charge is 0.407 e. The van der Waals surface area contributed by atoms with Crippen molar-refractivity contribution in [3.63, 3.8) is 0 Å². The van der Waals surface area contributed by atoms with E-state index in [-0.39, 0.29) is 23.6 Å². The van der Waals surface area contributed by atoms with Gasteiger partial charge in [0.25, 0.3) is 5.56 Å². The van der Waals surface area contributed by atoms with Crippen LogP contribution in [0.15, 0.2) is 47.4 Å². The molecule has 0 atom stereocenters. The van der Waals surface area contributed by atoms with Crippen molar-refractivity contribution in [2.24, 2.45) is 0 Å². The molecule has 1 fully saturated rings. The zero-order chi connectivity index (χ0) is 27.5. The summed E-state index contributed by atoms with van der Waals surface area (Å²) in [6, 6.07) is 10.5. The van der Waals surface area contributed by atoms with Gasteiger partial charge in [-0.1, -0.05) is 28.9 Å². The number of carboxylic acids is 1. The average Bonchev–Trinajstić information content (AvgIpc) is 3.30. The highest BCUT2D eigenvalue weighted by Crippen LogP contribution is 2.43. The number of aromatic nitrogens is 5. The summed E-state index contributed by atoms with van der Waals surface area (Å²) in [5.74, 6) is -1.04. The number of halogens is 1. The molecule has 202 valence electrons. The Morgan fingerprint density at radius 3 is 2.58 bits per heavy atom. The van der Waals surface area contributed by atoms with Crippen LogP contribution in [0.5, 0.6) is 0 Å². The highest BCUT2D eigenvalue weighted by molar-refractivity contribution is 6.30. The molecule has 1 aliphatic rings. The van der Waals surface area contributed by atoms with Crippen molar-refractivity contribution >= 4 is 23.7 Å². The molecule has 0 saturated heterocycles. The minimum Gasteiger partial charge on any atom is -0.480 e. The summed E-state index contributed by atoms with van der Waals surface area (Å²) in [6.45, 7) is 5.49. The van der Waals surface area contributed by atoms with E-state index in [4.69, 9.17) is 21.4 Å². The lowest BCUT2D eigenvalue weighted by molar-refractivity contribution is -0.137. The van der Waals surface area contributed by atoms with E-state index in [1.54, 1.807) is 6.07 Å². The van der Waals surface area contributed by atoms with Crippen LogP contribution in [0.1, 0.15) is 58.1 Å². The summed E-state index contributed by atoms with van der Waals surface area (Å²) in [5.41, 5.74) is 0.591. The van der Waals surface area contributed by atoms with Crippen LogP contribution in [-0.2, 0) is 21.5 Å². The first kappa shape index (κ1) is 27.3. The predicted octanol–water partition coefficient (Wildman–Crippen LogP) is 3.82. The summed E-state index contributed by atoms with van der Waals surface area (Å²) in [6.07, 6.45) is 3.65. The van der Waals surface area contributed by atoms with Gasteiger partial charge >= 0.3 is 12.1 Å². The maximum Gasteiger partial charge on any atom is 0.407 e. The maximum absolute atomic E-state index is 12.8. The molecule has 0 radical (unpaired) electrons. The van der Waals surface area contributed by atoms with Crippen molar-refractivity contribution in [2.75, 3.05) is 6.54 Å². The van der Waals surface area contributed by atoms with E-state index in [2.05, 4.69) is 20.7 Å². The van der Waals surface area contributed by atoms with Crippen molar-refractivity contribution in [1.29, 1.82) is 0 Å². The molecule has 3 aromatic rings. The fourth-order valence-corrected chi connectivity index (χ4v) is 4.99. The Morgan fingerprint density at radius 2 is 1.92 bits per heavy atom. The third-order valence-electron chi connectivity index (χ3n) is 6.59. The summed E-state index contributed by atoms with van der Waals surface area (Å²) >= 11 is 6.31. The highest BCUT2D eigenvalue weighted by atomic mass is 35.5. The molecule has 1 amide bonds. The third-order valence-corrected chi connectivity index (χ3v) is 6.82. The lowest BCUT2D eigenvalue weighted by Crippen LogP contribution is -2.45. The lowest BCUT2D eigenvalue weighted by atomic mass is 9.68. The van der Waals surface area contributed by atoms with Gasteiger partial charge in [0.15, 0.2) is 0 Å². The molecule has 0 bridgehead atoms. The van der Waals surface area contributed by atoms with Gasteiger partial charge in [-0.25, -0.2) is 14.2 Å². The Morgan fingerprint density at radius 1 is 1.18 bits per heavy atom. The van der Waals surface area contributed by atoms with Crippen LogP contribution < -0.4 is 10.9 Å². The zero-order valence-electron chi connectivity index (χ0n) is 21.6. The molecule has 38 heavy (non-hydrogen) atoms. The Hall–Kier alpha value is -3.73. The number of nitrogens with zero attached hydrogens (tertiary/aromatic N) is 5. The van der Waals surface area contributed by atoms with Crippen molar-refractivity contribution in [2.45, 2.75) is 70.1 Å². The predicted molar refractivity (Wildman–Crippen MR) is 140 cm³/mol. The van der Waals surface area contributed by atoms with Crippen LogP contribution in [-0.4, -0.2) is 54.1 Å². The van der Waals surface area contributed by atoms with Crippen LogP contribution in [0, 0.1) is 0 Å². The SMILES string of the molecule is CC(C)(C)OC(=O)NC[C@]1(c2cccc(Cl)c2)CC[C@@H](n2nc(-c3cn(CC(=O)O)nn3)ccc2=O)CC1. The van der Waals surface area contributed by atoms with Gasteiger partial charge in [-0.2, -0.15) is 5.10 Å². The van der Waals surface area contributed by atoms with Gasteiger partial charge in [0.05, 0.1) is 12.2 Å². The first-order chi connectivity index (χ1) is 17.9. The Balaban J connectivity index is 1.54. The largest absolute Gasteiger partial charge is 0.480 e. The van der Waals surface area contributed by atoms with Crippen LogP contribution >= 0.6 is 11.6 Å². The third kappa shape index (κ3) is 6.58.